The summed E-state index contributed by atoms with van der Waals surface area (Å²) in [4.78, 5) is 25.2. The number of carbonyl (C=O) groups is 2. The first-order chi connectivity index (χ1) is 14.0. The number of unbranched alkanes of at least 4 members (excludes halogenated alkanes) is 1. The van der Waals surface area contributed by atoms with Gasteiger partial charge < -0.3 is 9.47 Å². The van der Waals surface area contributed by atoms with Crippen molar-refractivity contribution in [3.63, 3.8) is 0 Å². The van der Waals surface area contributed by atoms with E-state index in [0.717, 1.165) is 19.3 Å². The molecule has 0 saturated heterocycles. The molecule has 1 unspecified atom stereocenters. The summed E-state index contributed by atoms with van der Waals surface area (Å²) < 4.78 is 11.0. The van der Waals surface area contributed by atoms with Gasteiger partial charge in [-0.3, -0.25) is 4.79 Å². The van der Waals surface area contributed by atoms with Crippen LogP contribution >= 0.6 is 0 Å². The normalized spacial score (nSPS) is 11.9. The summed E-state index contributed by atoms with van der Waals surface area (Å²) in [7, 11) is 0. The topological polar surface area (TPSA) is 52.6 Å². The van der Waals surface area contributed by atoms with Gasteiger partial charge in [-0.15, -0.1) is 0 Å². The lowest BCUT2D eigenvalue weighted by Crippen LogP contribution is -2.20. The van der Waals surface area contributed by atoms with E-state index in [1.54, 1.807) is 31.2 Å². The highest BCUT2D eigenvalue weighted by Crippen LogP contribution is 2.33. The summed E-state index contributed by atoms with van der Waals surface area (Å²) in [6.07, 6.45) is 3.89. The summed E-state index contributed by atoms with van der Waals surface area (Å²) in [5.74, 6) is -0.470. The Morgan fingerprint density at radius 2 is 1.66 bits per heavy atom. The van der Waals surface area contributed by atoms with E-state index < -0.39 is 11.9 Å². The number of rotatable bonds is 10. The Morgan fingerprint density at radius 3 is 2.28 bits per heavy atom. The molecule has 0 N–H and O–H groups in total. The van der Waals surface area contributed by atoms with Crippen molar-refractivity contribution in [3.05, 3.63) is 65.2 Å². The van der Waals surface area contributed by atoms with E-state index >= 15 is 0 Å². The van der Waals surface area contributed by atoms with Gasteiger partial charge in [-0.2, -0.15) is 0 Å². The van der Waals surface area contributed by atoms with Gasteiger partial charge >= 0.3 is 11.9 Å². The van der Waals surface area contributed by atoms with E-state index in [9.17, 15) is 9.59 Å². The van der Waals surface area contributed by atoms with E-state index in [4.69, 9.17) is 9.47 Å². The average Bonchev–Trinajstić information content (AvgIpc) is 2.71. The second-order valence-electron chi connectivity index (χ2n) is 7.66. The quantitative estimate of drug-likeness (QED) is 0.368. The first-order valence-corrected chi connectivity index (χ1v) is 10.5. The van der Waals surface area contributed by atoms with Gasteiger partial charge in [0.1, 0.15) is 5.75 Å². The second-order valence-corrected chi connectivity index (χ2v) is 7.66. The zero-order chi connectivity index (χ0) is 21.2. The van der Waals surface area contributed by atoms with Crippen LogP contribution in [0.4, 0.5) is 0 Å². The first kappa shape index (κ1) is 22.7. The number of hydrogen-bond donors (Lipinski definition) is 0. The van der Waals surface area contributed by atoms with Crippen molar-refractivity contribution in [1.82, 2.24) is 0 Å². The summed E-state index contributed by atoms with van der Waals surface area (Å²) in [5, 5.41) is 0. The maximum absolute atomic E-state index is 12.7. The maximum Gasteiger partial charge on any atom is 0.343 e. The molecule has 0 radical (unpaired) electrons. The van der Waals surface area contributed by atoms with E-state index in [0.29, 0.717) is 35.8 Å². The number of benzene rings is 2. The molecule has 0 spiro atoms. The molecule has 4 heteroatoms. The molecular weight excluding hydrogens is 364 g/mol. The van der Waals surface area contributed by atoms with Crippen LogP contribution in [0.5, 0.6) is 5.75 Å². The van der Waals surface area contributed by atoms with Gasteiger partial charge in [0.25, 0.3) is 0 Å². The van der Waals surface area contributed by atoms with Gasteiger partial charge in [0.05, 0.1) is 18.1 Å². The number of ether oxygens (including phenoxy) is 2. The van der Waals surface area contributed by atoms with Gasteiger partial charge in [0.15, 0.2) is 0 Å². The van der Waals surface area contributed by atoms with Gasteiger partial charge in [0, 0.05) is 5.56 Å². The van der Waals surface area contributed by atoms with Crippen LogP contribution in [0.1, 0.15) is 74.4 Å². The van der Waals surface area contributed by atoms with Crippen LogP contribution in [0.2, 0.25) is 0 Å². The highest BCUT2D eigenvalue weighted by atomic mass is 16.5. The zero-order valence-corrected chi connectivity index (χ0v) is 17.9. The minimum atomic E-state index is -0.463. The number of aryl methyl sites for hydroxylation is 1. The molecule has 4 nitrogen and oxygen atoms in total. The lowest BCUT2D eigenvalue weighted by Gasteiger charge is -2.20. The van der Waals surface area contributed by atoms with Crippen LogP contribution in [-0.4, -0.2) is 18.5 Å². The van der Waals surface area contributed by atoms with E-state index in [2.05, 4.69) is 20.8 Å². The van der Waals surface area contributed by atoms with Gasteiger partial charge in [-0.1, -0.05) is 57.5 Å². The van der Waals surface area contributed by atoms with Crippen molar-refractivity contribution in [2.24, 2.45) is 5.92 Å². The largest absolute Gasteiger partial charge is 0.466 e. The predicted octanol–water partition coefficient (Wildman–Crippen LogP) is 5.94. The Hall–Kier alpha value is -2.62. The monoisotopic (exact) mass is 396 g/mol. The summed E-state index contributed by atoms with van der Waals surface area (Å²) in [5.41, 5.74) is 2.40. The molecule has 156 valence electrons. The molecule has 0 heterocycles. The van der Waals surface area contributed by atoms with E-state index in [1.165, 1.54) is 5.56 Å². The maximum atomic E-state index is 12.7. The summed E-state index contributed by atoms with van der Waals surface area (Å²) >= 11 is 0. The molecule has 2 rings (SSSR count). The van der Waals surface area contributed by atoms with Crippen LogP contribution in [0.25, 0.3) is 0 Å². The molecule has 0 aliphatic carbocycles. The number of para-hydroxylation sites is 1. The van der Waals surface area contributed by atoms with Crippen molar-refractivity contribution >= 4 is 11.9 Å². The Balaban J connectivity index is 2.22. The molecule has 0 aromatic heterocycles. The fraction of sp³-hybridized carbons (Fsp3) is 0.440. The minimum absolute atomic E-state index is 0.287. The molecular formula is C25H32O4. The number of hydrogen-bond acceptors (Lipinski definition) is 4. The highest BCUT2D eigenvalue weighted by molar-refractivity contribution is 5.91. The fourth-order valence-corrected chi connectivity index (χ4v) is 3.27. The molecule has 29 heavy (non-hydrogen) atoms. The van der Waals surface area contributed by atoms with Crippen LogP contribution in [0, 0.1) is 5.92 Å². The van der Waals surface area contributed by atoms with E-state index in [1.807, 2.05) is 24.3 Å². The third kappa shape index (κ3) is 6.74. The molecule has 2 aromatic carbocycles. The molecule has 0 fully saturated rings. The molecule has 0 amide bonds. The lowest BCUT2D eigenvalue weighted by atomic mass is 9.89. The predicted molar refractivity (Wildman–Crippen MR) is 115 cm³/mol. The molecule has 0 bridgehead atoms. The van der Waals surface area contributed by atoms with Crippen molar-refractivity contribution in [2.75, 3.05) is 6.61 Å². The van der Waals surface area contributed by atoms with Gasteiger partial charge in [0.2, 0.25) is 0 Å². The Morgan fingerprint density at radius 1 is 0.966 bits per heavy atom. The van der Waals surface area contributed by atoms with Crippen molar-refractivity contribution in [1.29, 1.82) is 0 Å². The third-order valence-electron chi connectivity index (χ3n) is 4.78. The van der Waals surface area contributed by atoms with Crippen molar-refractivity contribution in [3.8, 4) is 5.75 Å². The number of carbonyl (C=O) groups excluding carboxylic acids is 2. The molecule has 0 aliphatic heterocycles. The zero-order valence-electron chi connectivity index (χ0n) is 17.9. The Bertz CT molecular complexity index is 793. The summed E-state index contributed by atoms with van der Waals surface area (Å²) in [6.45, 7) is 8.38. The van der Waals surface area contributed by atoms with Gasteiger partial charge in [-0.05, 0) is 55.9 Å². The van der Waals surface area contributed by atoms with Crippen LogP contribution in [0.3, 0.4) is 0 Å². The summed E-state index contributed by atoms with van der Waals surface area (Å²) in [6, 6.07) is 14.8. The first-order valence-electron chi connectivity index (χ1n) is 10.5. The fourth-order valence-electron chi connectivity index (χ4n) is 3.27. The SMILES string of the molecule is CCCCc1ccc(C(=O)Oc2ccccc2C(CC(C)C)C(=O)OCC)cc1. The number of esters is 2. The van der Waals surface area contributed by atoms with Crippen LogP contribution < -0.4 is 4.74 Å². The molecule has 0 saturated carbocycles. The second kappa shape index (κ2) is 11.4. The van der Waals surface area contributed by atoms with Crippen LogP contribution in [-0.2, 0) is 16.0 Å². The van der Waals surface area contributed by atoms with Gasteiger partial charge in [-0.25, -0.2) is 4.79 Å². The van der Waals surface area contributed by atoms with Crippen molar-refractivity contribution < 1.29 is 19.1 Å². The highest BCUT2D eigenvalue weighted by Gasteiger charge is 2.27. The molecule has 1 atom stereocenters. The van der Waals surface area contributed by atoms with Crippen LogP contribution in [0.15, 0.2) is 48.5 Å². The average molecular weight is 397 g/mol. The van der Waals surface area contributed by atoms with Crippen molar-refractivity contribution in [2.45, 2.75) is 59.3 Å². The molecule has 0 aliphatic rings. The Labute approximate surface area is 174 Å². The van der Waals surface area contributed by atoms with E-state index in [-0.39, 0.29) is 5.97 Å². The third-order valence-corrected chi connectivity index (χ3v) is 4.78. The lowest BCUT2D eigenvalue weighted by molar-refractivity contribution is -0.145. The smallest absolute Gasteiger partial charge is 0.343 e. The molecule has 2 aromatic rings. The minimum Gasteiger partial charge on any atom is -0.466 e. The standard InChI is InChI=1S/C25H32O4/c1-5-7-10-19-13-15-20(16-14-19)24(26)29-23-12-9-8-11-21(23)22(17-18(3)4)25(27)28-6-2/h8-9,11-16,18,22H,5-7,10,17H2,1-4H3. The Kier molecular flexibility index (Phi) is 8.91.